The molecule has 2 saturated heterocycles. The number of aromatic nitrogens is 1. The van der Waals surface area contributed by atoms with Crippen molar-refractivity contribution < 1.29 is 17.9 Å². The van der Waals surface area contributed by atoms with E-state index in [1.807, 2.05) is 6.07 Å². The van der Waals surface area contributed by atoms with Crippen molar-refractivity contribution in [2.75, 3.05) is 26.2 Å². The minimum Gasteiger partial charge on any atom is -0.485 e. The number of benzene rings is 1. The maximum absolute atomic E-state index is 12.7. The van der Waals surface area contributed by atoms with Crippen LogP contribution in [0.1, 0.15) is 29.6 Å². The van der Waals surface area contributed by atoms with Crippen molar-refractivity contribution >= 4 is 15.9 Å². The van der Waals surface area contributed by atoms with E-state index in [9.17, 15) is 13.2 Å². The lowest BCUT2D eigenvalue weighted by Crippen LogP contribution is -2.56. The van der Waals surface area contributed by atoms with Crippen LogP contribution in [-0.4, -0.2) is 60.8 Å². The molecule has 1 aromatic carbocycles. The number of pyridine rings is 1. The Balaban J connectivity index is 1.36. The van der Waals surface area contributed by atoms with Crippen LogP contribution >= 0.6 is 0 Å². The second kappa shape index (κ2) is 7.89. The Kier molecular flexibility index (Phi) is 5.32. The van der Waals surface area contributed by atoms with Crippen molar-refractivity contribution in [2.24, 2.45) is 0 Å². The number of carbonyl (C=O) groups is 1. The van der Waals surface area contributed by atoms with E-state index >= 15 is 0 Å². The van der Waals surface area contributed by atoms with E-state index in [0.717, 1.165) is 19.3 Å². The SMILES string of the molecule is O=C(c1ccc(S(=O)(=O)N2CCCCC2)cc1)N1CC(Oc2cccnc2)C1. The molecule has 1 aromatic heterocycles. The van der Waals surface area contributed by atoms with E-state index in [0.29, 0.717) is 37.5 Å². The van der Waals surface area contributed by atoms with E-state index < -0.39 is 10.0 Å². The first kappa shape index (κ1) is 18.9. The molecule has 0 N–H and O–H groups in total. The normalized spacial score (nSPS) is 18.5. The number of hydrogen-bond donors (Lipinski definition) is 0. The van der Waals surface area contributed by atoms with Crippen molar-refractivity contribution in [1.82, 2.24) is 14.2 Å². The first-order valence-electron chi connectivity index (χ1n) is 9.50. The van der Waals surface area contributed by atoms with Crippen LogP contribution in [0.2, 0.25) is 0 Å². The predicted octanol–water partition coefficient (Wildman–Crippen LogP) is 2.16. The van der Waals surface area contributed by atoms with Crippen LogP contribution in [0, 0.1) is 0 Å². The van der Waals surface area contributed by atoms with E-state index in [-0.39, 0.29) is 16.9 Å². The van der Waals surface area contributed by atoms with Gasteiger partial charge in [-0.15, -0.1) is 0 Å². The first-order valence-corrected chi connectivity index (χ1v) is 10.9. The van der Waals surface area contributed by atoms with Gasteiger partial charge in [0.05, 0.1) is 24.2 Å². The van der Waals surface area contributed by atoms with Gasteiger partial charge in [0.2, 0.25) is 10.0 Å². The van der Waals surface area contributed by atoms with E-state index in [2.05, 4.69) is 4.98 Å². The molecule has 0 saturated carbocycles. The maximum atomic E-state index is 12.7. The Morgan fingerprint density at radius 2 is 1.75 bits per heavy atom. The number of ether oxygens (including phenoxy) is 1. The molecule has 148 valence electrons. The minimum atomic E-state index is -3.48. The molecule has 0 atom stereocenters. The van der Waals surface area contributed by atoms with Gasteiger partial charge >= 0.3 is 0 Å². The van der Waals surface area contributed by atoms with Gasteiger partial charge < -0.3 is 9.64 Å². The molecule has 7 nitrogen and oxygen atoms in total. The number of piperidine rings is 1. The number of likely N-dealkylation sites (tertiary alicyclic amines) is 1. The summed E-state index contributed by atoms with van der Waals surface area (Å²) in [6, 6.07) is 9.87. The summed E-state index contributed by atoms with van der Waals surface area (Å²) < 4.78 is 32.7. The zero-order valence-corrected chi connectivity index (χ0v) is 16.3. The number of amides is 1. The fourth-order valence-electron chi connectivity index (χ4n) is 3.49. The molecule has 28 heavy (non-hydrogen) atoms. The second-order valence-electron chi connectivity index (χ2n) is 7.13. The fourth-order valence-corrected chi connectivity index (χ4v) is 5.01. The molecule has 4 rings (SSSR count). The molecule has 8 heteroatoms. The average Bonchev–Trinajstić information content (AvgIpc) is 2.71. The van der Waals surface area contributed by atoms with E-state index in [4.69, 9.17) is 4.74 Å². The summed E-state index contributed by atoms with van der Waals surface area (Å²) in [7, 11) is -3.48. The average molecular weight is 401 g/mol. The third-order valence-corrected chi connectivity index (χ3v) is 7.04. The molecule has 2 fully saturated rings. The molecule has 2 aliphatic rings. The van der Waals surface area contributed by atoms with Crippen molar-refractivity contribution in [2.45, 2.75) is 30.3 Å². The maximum Gasteiger partial charge on any atom is 0.254 e. The molecule has 1 amide bonds. The second-order valence-corrected chi connectivity index (χ2v) is 9.07. The minimum absolute atomic E-state index is 0.0492. The highest BCUT2D eigenvalue weighted by Crippen LogP contribution is 2.23. The van der Waals surface area contributed by atoms with Crippen molar-refractivity contribution in [3.8, 4) is 5.75 Å². The highest BCUT2D eigenvalue weighted by Gasteiger charge is 2.33. The fraction of sp³-hybridized carbons (Fsp3) is 0.400. The van der Waals surface area contributed by atoms with E-state index in [1.165, 1.54) is 16.4 Å². The molecular weight excluding hydrogens is 378 g/mol. The van der Waals surface area contributed by atoms with Crippen LogP contribution < -0.4 is 4.74 Å². The molecular formula is C20H23N3O4S. The van der Waals surface area contributed by atoms with Gasteiger partial charge in [-0.1, -0.05) is 6.42 Å². The molecule has 0 bridgehead atoms. The van der Waals surface area contributed by atoms with Gasteiger partial charge in [-0.2, -0.15) is 4.31 Å². The van der Waals surface area contributed by atoms with E-state index in [1.54, 1.807) is 35.5 Å². The third kappa shape index (κ3) is 3.88. The van der Waals surface area contributed by atoms with Crippen LogP contribution in [0.4, 0.5) is 0 Å². The quantitative estimate of drug-likeness (QED) is 0.767. The lowest BCUT2D eigenvalue weighted by molar-refractivity contribution is 0.0176. The lowest BCUT2D eigenvalue weighted by Gasteiger charge is -2.38. The summed E-state index contributed by atoms with van der Waals surface area (Å²) in [4.78, 5) is 18.5. The van der Waals surface area contributed by atoms with Crippen molar-refractivity contribution in [1.29, 1.82) is 0 Å². The Hall–Kier alpha value is -2.45. The summed E-state index contributed by atoms with van der Waals surface area (Å²) in [6.45, 7) is 2.13. The van der Waals surface area contributed by atoms with Gasteiger partial charge in [0.1, 0.15) is 11.9 Å². The highest BCUT2D eigenvalue weighted by atomic mass is 32.2. The Morgan fingerprint density at radius 3 is 2.39 bits per heavy atom. The van der Waals surface area contributed by atoms with Gasteiger partial charge in [-0.25, -0.2) is 8.42 Å². The standard InChI is InChI=1S/C20H23N3O4S/c24-20(22-14-18(15-22)27-17-5-4-10-21-13-17)16-6-8-19(9-7-16)28(25,26)23-11-2-1-3-12-23/h4-10,13,18H,1-3,11-12,14-15H2. The van der Waals surface area contributed by atoms with Crippen molar-refractivity contribution in [3.63, 3.8) is 0 Å². The monoisotopic (exact) mass is 401 g/mol. The Morgan fingerprint density at radius 1 is 1.04 bits per heavy atom. The van der Waals surface area contributed by atoms with Crippen LogP contribution in [-0.2, 0) is 10.0 Å². The number of hydrogen-bond acceptors (Lipinski definition) is 5. The zero-order valence-electron chi connectivity index (χ0n) is 15.5. The number of nitrogens with zero attached hydrogens (tertiary/aromatic N) is 3. The predicted molar refractivity (Wildman–Crippen MR) is 104 cm³/mol. The highest BCUT2D eigenvalue weighted by molar-refractivity contribution is 7.89. The van der Waals surface area contributed by atoms with Gasteiger partial charge in [0.15, 0.2) is 0 Å². The molecule has 0 aliphatic carbocycles. The molecule has 0 unspecified atom stereocenters. The summed E-state index contributed by atoms with van der Waals surface area (Å²) in [6.07, 6.45) is 6.14. The number of sulfonamides is 1. The molecule has 0 radical (unpaired) electrons. The van der Waals surface area contributed by atoms with Gasteiger partial charge in [0.25, 0.3) is 5.91 Å². The summed E-state index contributed by atoms with van der Waals surface area (Å²) in [5.74, 6) is 0.569. The first-order chi connectivity index (χ1) is 13.5. The molecule has 0 spiro atoms. The van der Waals surface area contributed by atoms with Gasteiger partial charge in [-0.3, -0.25) is 9.78 Å². The smallest absolute Gasteiger partial charge is 0.254 e. The van der Waals surface area contributed by atoms with Gasteiger partial charge in [-0.05, 0) is 49.2 Å². The largest absolute Gasteiger partial charge is 0.485 e. The Labute approximate surface area is 165 Å². The molecule has 3 heterocycles. The lowest BCUT2D eigenvalue weighted by atomic mass is 10.1. The van der Waals surface area contributed by atoms with Crippen LogP contribution in [0.5, 0.6) is 5.75 Å². The zero-order chi connectivity index (χ0) is 19.6. The summed E-state index contributed by atoms with van der Waals surface area (Å²) >= 11 is 0. The van der Waals surface area contributed by atoms with Crippen LogP contribution in [0.3, 0.4) is 0 Å². The van der Waals surface area contributed by atoms with Crippen LogP contribution in [0.15, 0.2) is 53.7 Å². The topological polar surface area (TPSA) is 79.8 Å². The third-order valence-electron chi connectivity index (χ3n) is 5.13. The van der Waals surface area contributed by atoms with Gasteiger partial charge in [0, 0.05) is 24.8 Å². The number of rotatable bonds is 5. The molecule has 2 aromatic rings. The summed E-state index contributed by atoms with van der Waals surface area (Å²) in [5.41, 5.74) is 0.484. The Bertz CT molecular complexity index is 920. The summed E-state index contributed by atoms with van der Waals surface area (Å²) in [5, 5.41) is 0. The molecule has 2 aliphatic heterocycles. The number of carbonyl (C=O) groups excluding carboxylic acids is 1. The van der Waals surface area contributed by atoms with Crippen LogP contribution in [0.25, 0.3) is 0 Å². The van der Waals surface area contributed by atoms with Crippen molar-refractivity contribution in [3.05, 3.63) is 54.4 Å².